The minimum atomic E-state index is -0.474. The van der Waals surface area contributed by atoms with E-state index in [1.807, 2.05) is 58.0 Å². The van der Waals surface area contributed by atoms with Crippen LogP contribution in [0.2, 0.25) is 0 Å². The summed E-state index contributed by atoms with van der Waals surface area (Å²) in [5.74, 6) is 0.742. The highest BCUT2D eigenvalue weighted by Gasteiger charge is 2.51. The van der Waals surface area contributed by atoms with E-state index in [-0.39, 0.29) is 5.91 Å². The molecule has 4 rings (SSSR count). The fraction of sp³-hybridized carbons (Fsp3) is 0.400. The quantitative estimate of drug-likeness (QED) is 0.788. The summed E-state index contributed by atoms with van der Waals surface area (Å²) < 4.78 is 12.3. The third-order valence-corrected chi connectivity index (χ3v) is 5.69. The molecule has 1 aromatic heterocycles. The number of nitrogens with one attached hydrogen (secondary N) is 1. The molecule has 1 amide bonds. The van der Waals surface area contributed by atoms with Gasteiger partial charge in [0.2, 0.25) is 5.91 Å². The van der Waals surface area contributed by atoms with Gasteiger partial charge >= 0.3 is 7.12 Å². The largest absolute Gasteiger partial charge is 0.494 e. The van der Waals surface area contributed by atoms with Crippen molar-refractivity contribution in [3.05, 3.63) is 42.1 Å². The van der Waals surface area contributed by atoms with E-state index in [0.29, 0.717) is 6.54 Å². The third kappa shape index (κ3) is 3.01. The summed E-state index contributed by atoms with van der Waals surface area (Å²) in [5.41, 5.74) is 2.67. The number of aromatic nitrogens is 1. The Hall–Kier alpha value is -2.38. The van der Waals surface area contributed by atoms with Gasteiger partial charge in [-0.2, -0.15) is 0 Å². The van der Waals surface area contributed by atoms with E-state index in [2.05, 4.69) is 10.3 Å². The van der Waals surface area contributed by atoms with Gasteiger partial charge in [-0.15, -0.1) is 0 Å². The molecule has 1 fully saturated rings. The molecule has 0 atom stereocenters. The molecule has 0 aliphatic carbocycles. The van der Waals surface area contributed by atoms with Crippen molar-refractivity contribution < 1.29 is 14.1 Å². The second-order valence-electron chi connectivity index (χ2n) is 8.11. The van der Waals surface area contributed by atoms with Crippen LogP contribution in [-0.4, -0.2) is 29.2 Å². The summed E-state index contributed by atoms with van der Waals surface area (Å²) in [6, 6.07) is 9.75. The number of carbonyl (C=O) groups excluding carboxylic acids is 1. The van der Waals surface area contributed by atoms with Crippen LogP contribution in [0.25, 0.3) is 0 Å². The van der Waals surface area contributed by atoms with Gasteiger partial charge < -0.3 is 19.5 Å². The van der Waals surface area contributed by atoms with Crippen molar-refractivity contribution in [2.24, 2.45) is 0 Å². The number of amides is 1. The van der Waals surface area contributed by atoms with Crippen LogP contribution in [0.5, 0.6) is 0 Å². The highest BCUT2D eigenvalue weighted by atomic mass is 16.7. The first-order valence-electron chi connectivity index (χ1n) is 9.16. The molecule has 2 aromatic rings. The average Bonchev–Trinajstić information content (AvgIpc) is 2.74. The SMILES string of the molecule is CC(=O)N1Cc2cccnc2Nc2ccc(B3OC(C)(C)C(C)(C)O3)cc21. The number of nitrogens with zero attached hydrogens (tertiary/aromatic N) is 2. The normalized spacial score (nSPS) is 19.7. The second-order valence-corrected chi connectivity index (χ2v) is 8.11. The summed E-state index contributed by atoms with van der Waals surface area (Å²) in [5, 5.41) is 3.35. The summed E-state index contributed by atoms with van der Waals surface area (Å²) in [4.78, 5) is 18.5. The zero-order valence-corrected chi connectivity index (χ0v) is 16.4. The van der Waals surface area contributed by atoms with Gasteiger partial charge in [-0.05, 0) is 51.4 Å². The van der Waals surface area contributed by atoms with Gasteiger partial charge in [-0.1, -0.05) is 12.1 Å². The van der Waals surface area contributed by atoms with E-state index in [4.69, 9.17) is 9.31 Å². The molecule has 2 aliphatic rings. The van der Waals surface area contributed by atoms with Crippen molar-refractivity contribution in [1.82, 2.24) is 4.98 Å². The minimum absolute atomic E-state index is 0.0270. The average molecular weight is 365 g/mol. The van der Waals surface area contributed by atoms with E-state index in [1.165, 1.54) is 0 Å². The van der Waals surface area contributed by atoms with E-state index in [9.17, 15) is 4.79 Å². The van der Waals surface area contributed by atoms with Crippen LogP contribution < -0.4 is 15.7 Å². The van der Waals surface area contributed by atoms with Crippen LogP contribution in [0.4, 0.5) is 17.2 Å². The number of anilines is 3. The van der Waals surface area contributed by atoms with Crippen LogP contribution in [0, 0.1) is 0 Å². The Balaban J connectivity index is 1.75. The first-order chi connectivity index (χ1) is 12.7. The molecular formula is C20H24BN3O3. The molecule has 7 heteroatoms. The van der Waals surface area contributed by atoms with Crippen molar-refractivity contribution in [3.8, 4) is 0 Å². The van der Waals surface area contributed by atoms with Crippen molar-refractivity contribution in [1.29, 1.82) is 0 Å². The summed E-state index contributed by atoms with van der Waals surface area (Å²) in [6.07, 6.45) is 1.74. The smallest absolute Gasteiger partial charge is 0.399 e. The first kappa shape index (κ1) is 18.0. The fourth-order valence-electron chi connectivity index (χ4n) is 3.35. The summed E-state index contributed by atoms with van der Waals surface area (Å²) in [7, 11) is -0.474. The van der Waals surface area contributed by atoms with Crippen molar-refractivity contribution in [2.45, 2.75) is 52.4 Å². The lowest BCUT2D eigenvalue weighted by Gasteiger charge is -2.32. The predicted octanol–water partition coefficient (Wildman–Crippen LogP) is 2.99. The van der Waals surface area contributed by atoms with E-state index in [1.54, 1.807) is 18.0 Å². The van der Waals surface area contributed by atoms with Crippen LogP contribution in [0.15, 0.2) is 36.5 Å². The molecule has 0 spiro atoms. The first-order valence-corrected chi connectivity index (χ1v) is 9.16. The predicted molar refractivity (Wildman–Crippen MR) is 107 cm³/mol. The Kier molecular flexibility index (Phi) is 4.05. The monoisotopic (exact) mass is 365 g/mol. The van der Waals surface area contributed by atoms with Crippen LogP contribution in [-0.2, 0) is 20.6 Å². The molecule has 0 radical (unpaired) electrons. The maximum absolute atomic E-state index is 12.4. The van der Waals surface area contributed by atoms with Crippen molar-refractivity contribution in [2.75, 3.05) is 10.2 Å². The van der Waals surface area contributed by atoms with Gasteiger partial charge in [0.05, 0.1) is 29.1 Å². The lowest BCUT2D eigenvalue weighted by molar-refractivity contribution is -0.116. The Bertz CT molecular complexity index is 897. The number of fused-ring (bicyclic) bond motifs is 2. The van der Waals surface area contributed by atoms with Crippen molar-refractivity contribution >= 4 is 35.7 Å². The van der Waals surface area contributed by atoms with Crippen LogP contribution in [0.3, 0.4) is 0 Å². The van der Waals surface area contributed by atoms with Gasteiger partial charge in [0.1, 0.15) is 5.82 Å². The lowest BCUT2D eigenvalue weighted by atomic mass is 9.78. The summed E-state index contributed by atoms with van der Waals surface area (Å²) >= 11 is 0. The van der Waals surface area contributed by atoms with Crippen LogP contribution >= 0.6 is 0 Å². The van der Waals surface area contributed by atoms with E-state index in [0.717, 1.165) is 28.2 Å². The molecule has 3 heterocycles. The Morgan fingerprint density at radius 2 is 1.89 bits per heavy atom. The molecule has 1 saturated heterocycles. The molecule has 1 N–H and O–H groups in total. The maximum atomic E-state index is 12.4. The molecule has 0 unspecified atom stereocenters. The fourth-order valence-corrected chi connectivity index (χ4v) is 3.35. The Morgan fingerprint density at radius 3 is 2.56 bits per heavy atom. The Labute approximate surface area is 160 Å². The Morgan fingerprint density at radius 1 is 1.19 bits per heavy atom. The van der Waals surface area contributed by atoms with E-state index >= 15 is 0 Å². The number of benzene rings is 1. The number of carbonyl (C=O) groups is 1. The second kappa shape index (κ2) is 6.07. The van der Waals surface area contributed by atoms with Gasteiger partial charge in [0, 0.05) is 18.7 Å². The number of hydrogen-bond donors (Lipinski definition) is 1. The third-order valence-electron chi connectivity index (χ3n) is 5.69. The lowest BCUT2D eigenvalue weighted by Crippen LogP contribution is -2.41. The molecular weight excluding hydrogens is 341 g/mol. The van der Waals surface area contributed by atoms with E-state index < -0.39 is 18.3 Å². The highest BCUT2D eigenvalue weighted by Crippen LogP contribution is 2.38. The highest BCUT2D eigenvalue weighted by molar-refractivity contribution is 6.62. The molecule has 0 saturated carbocycles. The molecule has 140 valence electrons. The minimum Gasteiger partial charge on any atom is -0.399 e. The van der Waals surface area contributed by atoms with Crippen molar-refractivity contribution in [3.63, 3.8) is 0 Å². The van der Waals surface area contributed by atoms with Gasteiger partial charge in [0.25, 0.3) is 0 Å². The number of pyridine rings is 1. The number of rotatable bonds is 1. The standard InChI is InChI=1S/C20H24BN3O3/c1-13(25)24-12-14-7-6-10-22-18(14)23-16-9-8-15(11-17(16)24)21-26-19(2,3)20(4,5)27-21/h6-11H,12H2,1-5H3,(H,22,23). The topological polar surface area (TPSA) is 63.7 Å². The zero-order valence-electron chi connectivity index (χ0n) is 16.4. The zero-order chi connectivity index (χ0) is 19.4. The molecule has 2 aliphatic heterocycles. The maximum Gasteiger partial charge on any atom is 0.494 e. The number of hydrogen-bond acceptors (Lipinski definition) is 5. The summed E-state index contributed by atoms with van der Waals surface area (Å²) in [6.45, 7) is 10.2. The van der Waals surface area contributed by atoms with Gasteiger partial charge in [-0.3, -0.25) is 4.79 Å². The van der Waals surface area contributed by atoms with Gasteiger partial charge in [0.15, 0.2) is 0 Å². The molecule has 1 aromatic carbocycles. The molecule has 27 heavy (non-hydrogen) atoms. The molecule has 6 nitrogen and oxygen atoms in total. The van der Waals surface area contributed by atoms with Crippen LogP contribution in [0.1, 0.15) is 40.2 Å². The molecule has 0 bridgehead atoms. The van der Waals surface area contributed by atoms with Gasteiger partial charge in [-0.25, -0.2) is 4.98 Å².